The van der Waals surface area contributed by atoms with Crippen molar-refractivity contribution < 1.29 is 4.79 Å². The maximum atomic E-state index is 12.2. The number of alkyl halides is 3. The van der Waals surface area contributed by atoms with Crippen LogP contribution in [-0.4, -0.2) is 14.1 Å². The molecule has 0 aliphatic carbocycles. The molecular formula is C14H10Cl3NOS. The lowest BCUT2D eigenvalue weighted by Crippen LogP contribution is -2.23. The molecule has 104 valence electrons. The molecule has 2 aromatic rings. The van der Waals surface area contributed by atoms with Crippen LogP contribution in [0.4, 0.5) is 0 Å². The fraction of sp³-hybridized carbons (Fsp3) is 0.214. The number of thioether (sulfide) groups is 1. The van der Waals surface area contributed by atoms with Crippen molar-refractivity contribution in [1.29, 1.82) is 0 Å². The Hall–Kier alpha value is -0.610. The van der Waals surface area contributed by atoms with Crippen molar-refractivity contribution in [3.05, 3.63) is 53.3 Å². The molecule has 1 aliphatic rings. The summed E-state index contributed by atoms with van der Waals surface area (Å²) in [4.78, 5) is 13.4. The lowest BCUT2D eigenvalue weighted by Gasteiger charge is -2.14. The van der Waals surface area contributed by atoms with Crippen molar-refractivity contribution in [1.82, 2.24) is 4.57 Å². The first-order valence-corrected chi connectivity index (χ1v) is 8.09. The molecule has 0 N–H and O–H groups in total. The minimum absolute atomic E-state index is 0.442. The van der Waals surface area contributed by atoms with Gasteiger partial charge in [-0.2, -0.15) is 0 Å². The van der Waals surface area contributed by atoms with Gasteiger partial charge in [-0.05, 0) is 23.8 Å². The van der Waals surface area contributed by atoms with Crippen LogP contribution in [0.3, 0.4) is 0 Å². The zero-order chi connectivity index (χ0) is 14.3. The smallest absolute Gasteiger partial charge is 0.255 e. The van der Waals surface area contributed by atoms with Gasteiger partial charge in [0.15, 0.2) is 0 Å². The summed E-state index contributed by atoms with van der Waals surface area (Å²) >= 11 is 18.9. The summed E-state index contributed by atoms with van der Waals surface area (Å²) in [6.45, 7) is 0.618. The van der Waals surface area contributed by atoms with E-state index in [4.69, 9.17) is 34.8 Å². The highest BCUT2D eigenvalue weighted by Gasteiger charge is 2.34. The minimum atomic E-state index is -1.92. The van der Waals surface area contributed by atoms with E-state index in [0.717, 1.165) is 11.4 Å². The van der Waals surface area contributed by atoms with Gasteiger partial charge in [0.05, 0.1) is 5.69 Å². The van der Waals surface area contributed by atoms with E-state index in [2.05, 4.69) is 12.1 Å². The molecule has 0 saturated heterocycles. The third kappa shape index (κ3) is 2.60. The number of aromatic nitrogens is 1. The molecule has 0 saturated carbocycles. The second-order valence-corrected chi connectivity index (χ2v) is 7.82. The van der Waals surface area contributed by atoms with Crippen LogP contribution in [0.25, 0.3) is 0 Å². The Kier molecular flexibility index (Phi) is 3.80. The van der Waals surface area contributed by atoms with Crippen molar-refractivity contribution in [2.24, 2.45) is 0 Å². The molecular weight excluding hydrogens is 337 g/mol. The van der Waals surface area contributed by atoms with Crippen LogP contribution in [0.1, 0.15) is 21.7 Å². The topological polar surface area (TPSA) is 22.0 Å². The number of carbonyl (C=O) groups is 1. The fourth-order valence-corrected chi connectivity index (χ4v) is 3.60. The molecule has 1 aliphatic heterocycles. The van der Waals surface area contributed by atoms with E-state index in [-0.39, 0.29) is 0 Å². The Bertz CT molecular complexity index is 675. The summed E-state index contributed by atoms with van der Waals surface area (Å²) in [5.74, 6) is 0.308. The third-order valence-corrected chi connectivity index (χ3v) is 4.90. The zero-order valence-electron chi connectivity index (χ0n) is 10.3. The van der Waals surface area contributed by atoms with Gasteiger partial charge in [0.25, 0.3) is 3.79 Å². The molecule has 0 fully saturated rings. The standard InChI is InChI=1S/C14H10Cl3NOS/c15-14(16,17)13(19)11-6-5-10-8-20-12-4-2-1-3-9(12)7-18(10)11/h1-6H,7-8H2. The number of fused-ring (bicyclic) bond motifs is 2. The lowest BCUT2D eigenvalue weighted by atomic mass is 10.2. The van der Waals surface area contributed by atoms with Gasteiger partial charge in [0.1, 0.15) is 0 Å². The maximum absolute atomic E-state index is 12.2. The molecule has 2 heterocycles. The highest BCUT2D eigenvalue weighted by Crippen LogP contribution is 2.35. The van der Waals surface area contributed by atoms with Gasteiger partial charge < -0.3 is 4.57 Å². The largest absolute Gasteiger partial charge is 0.337 e. The van der Waals surface area contributed by atoms with Crippen molar-refractivity contribution in [3.8, 4) is 0 Å². The average Bonchev–Trinajstić information content (AvgIpc) is 2.69. The molecule has 6 heteroatoms. The normalized spacial score (nSPS) is 14.3. The van der Waals surface area contributed by atoms with Crippen LogP contribution < -0.4 is 0 Å². The quantitative estimate of drug-likeness (QED) is 0.552. The average molecular weight is 347 g/mol. The predicted octanol–water partition coefficient (Wildman–Crippen LogP) is 4.70. The zero-order valence-corrected chi connectivity index (χ0v) is 13.4. The Morgan fingerprint density at radius 2 is 1.90 bits per heavy atom. The first-order chi connectivity index (χ1) is 9.47. The van der Waals surface area contributed by atoms with Gasteiger partial charge >= 0.3 is 0 Å². The van der Waals surface area contributed by atoms with Crippen LogP contribution in [0.5, 0.6) is 0 Å². The van der Waals surface area contributed by atoms with Gasteiger partial charge in [0, 0.05) is 22.9 Å². The molecule has 20 heavy (non-hydrogen) atoms. The Balaban J connectivity index is 2.05. The van der Waals surface area contributed by atoms with E-state index in [1.165, 1.54) is 10.5 Å². The van der Waals surface area contributed by atoms with Gasteiger partial charge in [0.2, 0.25) is 5.78 Å². The lowest BCUT2D eigenvalue weighted by molar-refractivity contribution is 0.0987. The molecule has 0 amide bonds. The number of nitrogens with zero attached hydrogens (tertiary/aromatic N) is 1. The summed E-state index contributed by atoms with van der Waals surface area (Å²) < 4.78 is 0.0111. The Labute approximate surface area is 136 Å². The molecule has 1 aromatic heterocycles. The van der Waals surface area contributed by atoms with Gasteiger partial charge in [-0.3, -0.25) is 4.79 Å². The van der Waals surface area contributed by atoms with E-state index in [0.29, 0.717) is 12.2 Å². The van der Waals surface area contributed by atoms with Crippen LogP contribution >= 0.6 is 46.6 Å². The van der Waals surface area contributed by atoms with E-state index in [9.17, 15) is 4.79 Å². The maximum Gasteiger partial charge on any atom is 0.255 e. The summed E-state index contributed by atoms with van der Waals surface area (Å²) in [6.07, 6.45) is 0. The third-order valence-electron chi connectivity index (χ3n) is 3.24. The van der Waals surface area contributed by atoms with Crippen molar-refractivity contribution in [2.75, 3.05) is 0 Å². The first kappa shape index (κ1) is 14.3. The fourth-order valence-electron chi connectivity index (χ4n) is 2.26. The molecule has 3 rings (SSSR count). The van der Waals surface area contributed by atoms with E-state index >= 15 is 0 Å². The van der Waals surface area contributed by atoms with Crippen LogP contribution in [-0.2, 0) is 12.3 Å². The van der Waals surface area contributed by atoms with E-state index < -0.39 is 9.58 Å². The molecule has 0 atom stereocenters. The molecule has 2 nitrogen and oxygen atoms in total. The summed E-state index contributed by atoms with van der Waals surface area (Å²) in [7, 11) is 0. The SMILES string of the molecule is O=C(c1ccc2n1Cc1ccccc1SC2)C(Cl)(Cl)Cl. The number of carbonyl (C=O) groups excluding carboxylic acids is 1. The van der Waals surface area contributed by atoms with E-state index in [1.54, 1.807) is 17.8 Å². The van der Waals surface area contributed by atoms with Crippen LogP contribution in [0.2, 0.25) is 0 Å². The molecule has 0 spiro atoms. The number of hydrogen-bond acceptors (Lipinski definition) is 2. The first-order valence-electron chi connectivity index (χ1n) is 5.97. The second-order valence-electron chi connectivity index (χ2n) is 4.52. The highest BCUT2D eigenvalue weighted by atomic mass is 35.6. The second kappa shape index (κ2) is 5.30. The summed E-state index contributed by atoms with van der Waals surface area (Å²) in [6, 6.07) is 11.8. The predicted molar refractivity (Wildman–Crippen MR) is 84.2 cm³/mol. The number of Topliss-reactive ketones (excluding diaryl/α,β-unsaturated/α-hetero) is 1. The Morgan fingerprint density at radius 1 is 1.15 bits per heavy atom. The number of benzene rings is 1. The van der Waals surface area contributed by atoms with Crippen molar-refractivity contribution in [2.45, 2.75) is 21.0 Å². The number of halogens is 3. The molecule has 0 unspecified atom stereocenters. The van der Waals surface area contributed by atoms with E-state index in [1.807, 2.05) is 22.8 Å². The van der Waals surface area contributed by atoms with Crippen molar-refractivity contribution >= 4 is 52.3 Å². The highest BCUT2D eigenvalue weighted by molar-refractivity contribution is 7.98. The minimum Gasteiger partial charge on any atom is -0.337 e. The summed E-state index contributed by atoms with van der Waals surface area (Å²) in [5.41, 5.74) is 2.67. The molecule has 1 aromatic carbocycles. The van der Waals surface area contributed by atoms with Gasteiger partial charge in [-0.15, -0.1) is 11.8 Å². The number of hydrogen-bond donors (Lipinski definition) is 0. The van der Waals surface area contributed by atoms with Gasteiger partial charge in [-0.1, -0.05) is 53.0 Å². The number of rotatable bonds is 1. The molecule has 0 radical (unpaired) electrons. The van der Waals surface area contributed by atoms with Crippen LogP contribution in [0, 0.1) is 0 Å². The summed E-state index contributed by atoms with van der Waals surface area (Å²) in [5, 5.41) is 0. The van der Waals surface area contributed by atoms with Crippen LogP contribution in [0.15, 0.2) is 41.3 Å². The number of ketones is 1. The molecule has 0 bridgehead atoms. The monoisotopic (exact) mass is 345 g/mol. The van der Waals surface area contributed by atoms with Gasteiger partial charge in [-0.25, -0.2) is 0 Å². The van der Waals surface area contributed by atoms with Crippen molar-refractivity contribution in [3.63, 3.8) is 0 Å². The Morgan fingerprint density at radius 3 is 2.65 bits per heavy atom.